The molecule has 1 atom stereocenters. The zero-order valence-electron chi connectivity index (χ0n) is 28.0. The number of hydrogen-bond acceptors (Lipinski definition) is 6. The van der Waals surface area contributed by atoms with Gasteiger partial charge in [0.2, 0.25) is 0 Å². The Labute approximate surface area is 279 Å². The van der Waals surface area contributed by atoms with Gasteiger partial charge in [0.05, 0.1) is 10.7 Å². The molecule has 0 aliphatic carbocycles. The highest BCUT2D eigenvalue weighted by Crippen LogP contribution is 2.28. The molecule has 2 amide bonds. The predicted molar refractivity (Wildman–Crippen MR) is 186 cm³/mol. The molecule has 0 spiro atoms. The number of rotatable bonds is 9. The van der Waals surface area contributed by atoms with E-state index in [0.29, 0.717) is 26.1 Å². The van der Waals surface area contributed by atoms with Gasteiger partial charge >= 0.3 is 6.09 Å². The summed E-state index contributed by atoms with van der Waals surface area (Å²) >= 11 is 6.48. The van der Waals surface area contributed by atoms with Crippen LogP contribution in [0.1, 0.15) is 55.9 Å². The van der Waals surface area contributed by atoms with Crippen LogP contribution in [-0.2, 0) is 17.8 Å². The number of carbonyl (C=O) groups is 2. The molecule has 1 N–H and O–H groups in total. The molecule has 0 radical (unpaired) electrons. The van der Waals surface area contributed by atoms with E-state index in [0.717, 1.165) is 67.9 Å². The highest BCUT2D eigenvalue weighted by atomic mass is 35.5. The van der Waals surface area contributed by atoms with E-state index in [1.165, 1.54) is 11.3 Å². The molecule has 2 aliphatic rings. The summed E-state index contributed by atoms with van der Waals surface area (Å²) in [6.07, 6.45) is 0.261. The Hall–Kier alpha value is -3.69. The van der Waals surface area contributed by atoms with Gasteiger partial charge in [-0.05, 0) is 76.9 Å². The Kier molecular flexibility index (Phi) is 10.8. The molecule has 0 bridgehead atoms. The second kappa shape index (κ2) is 14.8. The number of anilines is 2. The predicted octanol–water partition coefficient (Wildman–Crippen LogP) is 6.04. The number of para-hydroxylation sites is 2. The summed E-state index contributed by atoms with van der Waals surface area (Å²) in [5.41, 5.74) is 4.72. The molecular formula is C36H49ClN6O3. The molecule has 0 saturated carbocycles. The van der Waals surface area contributed by atoms with Crippen LogP contribution in [0.4, 0.5) is 16.2 Å². The lowest BCUT2D eigenvalue weighted by atomic mass is 10.1. The number of benzene rings is 2. The standard InChI is InChI=1S/C36H49ClN6O3/c1-27-25-41(30-12-7-6-8-13-30)22-23-42(27)34(44)33-24-29(28(2)43(33)17-11-16-38-35(45)46-36(3,4)5)26-39-18-20-40(21-19-39)32-15-10-9-14-31(32)37/h6-10,12-15,24,27H,11,16-23,25-26H2,1-5H3,(H,38,45)/t27-/m0/s1. The minimum atomic E-state index is -0.546. The number of hydrogen-bond donors (Lipinski definition) is 1. The summed E-state index contributed by atoms with van der Waals surface area (Å²) < 4.78 is 7.56. The van der Waals surface area contributed by atoms with Gasteiger partial charge in [0.15, 0.2) is 0 Å². The van der Waals surface area contributed by atoms with Crippen LogP contribution in [0.5, 0.6) is 0 Å². The average Bonchev–Trinajstić information content (AvgIpc) is 3.33. The third-order valence-electron chi connectivity index (χ3n) is 8.89. The van der Waals surface area contributed by atoms with E-state index in [9.17, 15) is 9.59 Å². The molecule has 3 heterocycles. The maximum Gasteiger partial charge on any atom is 0.407 e. The van der Waals surface area contributed by atoms with E-state index >= 15 is 0 Å². The smallest absolute Gasteiger partial charge is 0.407 e. The Balaban J connectivity index is 1.28. The van der Waals surface area contributed by atoms with Crippen molar-refractivity contribution in [3.63, 3.8) is 0 Å². The van der Waals surface area contributed by atoms with Gasteiger partial charge < -0.3 is 29.3 Å². The van der Waals surface area contributed by atoms with Crippen molar-refractivity contribution >= 4 is 35.0 Å². The van der Waals surface area contributed by atoms with E-state index in [1.54, 1.807) is 0 Å². The van der Waals surface area contributed by atoms with Gasteiger partial charge in [0.25, 0.3) is 5.91 Å². The van der Waals surface area contributed by atoms with Gasteiger partial charge in [-0.15, -0.1) is 0 Å². The number of carbonyl (C=O) groups excluding carboxylic acids is 2. The lowest BCUT2D eigenvalue weighted by molar-refractivity contribution is 0.0525. The number of nitrogens with one attached hydrogen (secondary N) is 1. The summed E-state index contributed by atoms with van der Waals surface area (Å²) in [6.45, 7) is 17.6. The molecule has 1 aromatic heterocycles. The summed E-state index contributed by atoms with van der Waals surface area (Å²) in [6, 6.07) is 20.6. The summed E-state index contributed by atoms with van der Waals surface area (Å²) in [4.78, 5) is 35.6. The van der Waals surface area contributed by atoms with Gasteiger partial charge in [-0.1, -0.05) is 41.9 Å². The third-order valence-corrected chi connectivity index (χ3v) is 9.21. The van der Waals surface area contributed by atoms with Crippen LogP contribution in [0, 0.1) is 6.92 Å². The molecule has 0 unspecified atom stereocenters. The summed E-state index contributed by atoms with van der Waals surface area (Å²) in [7, 11) is 0. The summed E-state index contributed by atoms with van der Waals surface area (Å²) in [5, 5.41) is 3.65. The summed E-state index contributed by atoms with van der Waals surface area (Å²) in [5.74, 6) is 0.0678. The molecule has 2 fully saturated rings. The fourth-order valence-electron chi connectivity index (χ4n) is 6.44. The fourth-order valence-corrected chi connectivity index (χ4v) is 6.70. The first-order chi connectivity index (χ1) is 22.0. The zero-order valence-corrected chi connectivity index (χ0v) is 28.7. The van der Waals surface area contributed by atoms with Crippen molar-refractivity contribution in [2.75, 3.05) is 62.2 Å². The van der Waals surface area contributed by atoms with E-state index < -0.39 is 11.7 Å². The number of ether oxygens (including phenoxy) is 1. The molecule has 2 aromatic carbocycles. The van der Waals surface area contributed by atoms with Crippen molar-refractivity contribution in [3.05, 3.63) is 82.6 Å². The van der Waals surface area contributed by atoms with Gasteiger partial charge in [-0.2, -0.15) is 0 Å². The highest BCUT2D eigenvalue weighted by molar-refractivity contribution is 6.33. The number of nitrogens with zero attached hydrogens (tertiary/aromatic N) is 5. The van der Waals surface area contributed by atoms with Crippen molar-refractivity contribution < 1.29 is 14.3 Å². The van der Waals surface area contributed by atoms with Crippen LogP contribution in [0.15, 0.2) is 60.7 Å². The lowest BCUT2D eigenvalue weighted by Crippen LogP contribution is -2.54. The van der Waals surface area contributed by atoms with E-state index in [2.05, 4.69) is 74.8 Å². The Bertz CT molecular complexity index is 1480. The minimum absolute atomic E-state index is 0.0678. The van der Waals surface area contributed by atoms with Crippen molar-refractivity contribution in [2.24, 2.45) is 0 Å². The first-order valence-corrected chi connectivity index (χ1v) is 16.9. The lowest BCUT2D eigenvalue weighted by Gasteiger charge is -2.41. The second-order valence-corrected chi connectivity index (χ2v) is 13.8. The van der Waals surface area contributed by atoms with Crippen molar-refractivity contribution in [1.82, 2.24) is 19.7 Å². The van der Waals surface area contributed by atoms with Crippen LogP contribution in [0.2, 0.25) is 5.02 Å². The van der Waals surface area contributed by atoms with Crippen LogP contribution in [0.25, 0.3) is 0 Å². The first kappa shape index (κ1) is 33.7. The maximum absolute atomic E-state index is 14.2. The number of aromatic nitrogens is 1. The molecular weight excluding hydrogens is 600 g/mol. The normalized spacial score (nSPS) is 17.7. The van der Waals surface area contributed by atoms with E-state index in [-0.39, 0.29) is 11.9 Å². The van der Waals surface area contributed by atoms with Gasteiger partial charge in [-0.3, -0.25) is 9.69 Å². The van der Waals surface area contributed by atoms with E-state index in [1.807, 2.05) is 49.9 Å². The Morgan fingerprint density at radius 2 is 1.61 bits per heavy atom. The number of piperazine rings is 2. The van der Waals surface area contributed by atoms with Crippen molar-refractivity contribution in [1.29, 1.82) is 0 Å². The SMILES string of the molecule is Cc1c(CN2CCN(c3ccccc3Cl)CC2)cc(C(=O)N2CCN(c3ccccc3)C[C@@H]2C)n1CCCNC(=O)OC(C)(C)C. The van der Waals surface area contributed by atoms with E-state index in [4.69, 9.17) is 16.3 Å². The van der Waals surface area contributed by atoms with Crippen LogP contribution < -0.4 is 15.1 Å². The second-order valence-electron chi connectivity index (χ2n) is 13.4. The monoisotopic (exact) mass is 648 g/mol. The molecule has 2 aliphatic heterocycles. The zero-order chi connectivity index (χ0) is 32.8. The molecule has 9 nitrogen and oxygen atoms in total. The molecule has 248 valence electrons. The number of halogens is 1. The van der Waals surface area contributed by atoms with Crippen molar-refractivity contribution in [3.8, 4) is 0 Å². The van der Waals surface area contributed by atoms with Gasteiger partial charge in [0.1, 0.15) is 11.3 Å². The topological polar surface area (TPSA) is 73.3 Å². The molecule has 5 rings (SSSR count). The number of alkyl carbamates (subject to hydrolysis) is 1. The fraction of sp³-hybridized carbons (Fsp3) is 0.500. The van der Waals surface area contributed by atoms with Gasteiger partial charge in [0, 0.05) is 82.9 Å². The molecule has 10 heteroatoms. The highest BCUT2D eigenvalue weighted by Gasteiger charge is 2.31. The van der Waals surface area contributed by atoms with Crippen LogP contribution in [0.3, 0.4) is 0 Å². The third kappa shape index (κ3) is 8.36. The quantitative estimate of drug-likeness (QED) is 0.286. The molecule has 2 saturated heterocycles. The number of amides is 2. The molecule has 46 heavy (non-hydrogen) atoms. The van der Waals surface area contributed by atoms with Crippen LogP contribution >= 0.6 is 11.6 Å². The minimum Gasteiger partial charge on any atom is -0.444 e. The Morgan fingerprint density at radius 1 is 0.935 bits per heavy atom. The average molecular weight is 649 g/mol. The van der Waals surface area contributed by atoms with Gasteiger partial charge in [-0.25, -0.2) is 4.79 Å². The molecule has 3 aromatic rings. The maximum atomic E-state index is 14.2. The van der Waals surface area contributed by atoms with Crippen molar-refractivity contribution in [2.45, 2.75) is 65.8 Å². The largest absolute Gasteiger partial charge is 0.444 e. The Morgan fingerprint density at radius 3 is 2.28 bits per heavy atom. The van der Waals surface area contributed by atoms with Crippen LogP contribution in [-0.4, -0.2) is 90.4 Å². The first-order valence-electron chi connectivity index (χ1n) is 16.5.